The van der Waals surface area contributed by atoms with Crippen molar-refractivity contribution < 1.29 is 18.7 Å². The van der Waals surface area contributed by atoms with Gasteiger partial charge in [-0.1, -0.05) is 12.1 Å². The van der Waals surface area contributed by atoms with Crippen molar-refractivity contribution in [1.29, 1.82) is 0 Å². The van der Waals surface area contributed by atoms with Crippen LogP contribution in [0.5, 0.6) is 6.08 Å². The van der Waals surface area contributed by atoms with Crippen LogP contribution in [-0.4, -0.2) is 40.8 Å². The van der Waals surface area contributed by atoms with E-state index in [0.29, 0.717) is 18.7 Å². The number of ether oxygens (including phenoxy) is 2. The molecule has 0 unspecified atom stereocenters. The molecule has 0 radical (unpaired) electrons. The highest BCUT2D eigenvalue weighted by Crippen LogP contribution is 2.23. The van der Waals surface area contributed by atoms with Crippen molar-refractivity contribution in [2.24, 2.45) is 0 Å². The molecule has 0 aliphatic carbocycles. The molecule has 2 heterocycles. The van der Waals surface area contributed by atoms with Gasteiger partial charge in [0.2, 0.25) is 0 Å². The van der Waals surface area contributed by atoms with Gasteiger partial charge in [0.05, 0.1) is 6.04 Å². The molecule has 6 heteroatoms. The molecule has 1 saturated heterocycles. The van der Waals surface area contributed by atoms with Crippen LogP contribution >= 0.6 is 0 Å². The fourth-order valence-electron chi connectivity index (χ4n) is 2.82. The quantitative estimate of drug-likeness (QED) is 0.850. The summed E-state index contributed by atoms with van der Waals surface area (Å²) in [5.74, 6) is 0. The number of hydrogen-bond acceptors (Lipinski definition) is 5. The maximum Gasteiger partial charge on any atom is 0.410 e. The number of aromatic nitrogens is 1. The smallest absolute Gasteiger partial charge is 0.410 e. The third-order valence-corrected chi connectivity index (χ3v) is 3.93. The van der Waals surface area contributed by atoms with E-state index < -0.39 is 5.60 Å². The number of hydrogen-bond donors (Lipinski definition) is 0. The van der Waals surface area contributed by atoms with Gasteiger partial charge in [-0.25, -0.2) is 4.79 Å². The molecule has 1 aromatic heterocycles. The third kappa shape index (κ3) is 3.99. The Labute approximate surface area is 141 Å². The first-order chi connectivity index (χ1) is 11.4. The number of likely N-dealkylation sites (tertiary alicyclic amines) is 1. The maximum absolute atomic E-state index is 12.4. The summed E-state index contributed by atoms with van der Waals surface area (Å²) < 4.78 is 16.8. The minimum absolute atomic E-state index is 0.0244. The second kappa shape index (κ2) is 6.71. The van der Waals surface area contributed by atoms with Gasteiger partial charge >= 0.3 is 12.2 Å². The van der Waals surface area contributed by atoms with Crippen LogP contribution in [0.1, 0.15) is 40.0 Å². The van der Waals surface area contributed by atoms with Crippen molar-refractivity contribution in [3.8, 4) is 6.08 Å². The Bertz CT molecular complexity index is 671. The van der Waals surface area contributed by atoms with Crippen LogP contribution < -0.4 is 4.74 Å². The molecule has 0 spiro atoms. The largest absolute Gasteiger partial charge is 0.448 e. The zero-order valence-corrected chi connectivity index (χ0v) is 14.4. The first kappa shape index (κ1) is 16.6. The Morgan fingerprint density at radius 3 is 2.88 bits per heavy atom. The van der Waals surface area contributed by atoms with Gasteiger partial charge in [0.25, 0.3) is 0 Å². The number of nitrogens with zero attached hydrogens (tertiary/aromatic N) is 2. The molecular weight excluding hydrogens is 308 g/mol. The van der Waals surface area contributed by atoms with Crippen molar-refractivity contribution in [2.45, 2.75) is 51.7 Å². The van der Waals surface area contributed by atoms with E-state index in [1.54, 1.807) is 4.90 Å². The molecule has 2 aromatic rings. The second-order valence-corrected chi connectivity index (χ2v) is 7.08. The number of piperidine rings is 1. The fourth-order valence-corrected chi connectivity index (χ4v) is 2.82. The lowest BCUT2D eigenvalue weighted by Gasteiger charge is -2.36. The number of para-hydroxylation sites is 2. The molecule has 1 aromatic carbocycles. The first-order valence-electron chi connectivity index (χ1n) is 8.40. The van der Waals surface area contributed by atoms with Crippen LogP contribution in [0, 0.1) is 0 Å². The van der Waals surface area contributed by atoms with Gasteiger partial charge in [-0.15, -0.1) is 0 Å². The van der Waals surface area contributed by atoms with E-state index in [2.05, 4.69) is 4.98 Å². The topological polar surface area (TPSA) is 64.8 Å². The highest BCUT2D eigenvalue weighted by Gasteiger charge is 2.31. The second-order valence-electron chi connectivity index (χ2n) is 7.08. The molecule has 1 aliphatic rings. The Hall–Kier alpha value is -2.24. The lowest BCUT2D eigenvalue weighted by molar-refractivity contribution is 0.00192. The average molecular weight is 332 g/mol. The lowest BCUT2D eigenvalue weighted by Crippen LogP contribution is -2.48. The van der Waals surface area contributed by atoms with Gasteiger partial charge in [-0.2, -0.15) is 4.98 Å². The number of benzene rings is 1. The summed E-state index contributed by atoms with van der Waals surface area (Å²) >= 11 is 0. The molecule has 130 valence electrons. The summed E-state index contributed by atoms with van der Waals surface area (Å²) in [5.41, 5.74) is 0.959. The summed E-state index contributed by atoms with van der Waals surface area (Å²) in [7, 11) is 0. The molecule has 6 nitrogen and oxygen atoms in total. The SMILES string of the molecule is CC(C)(C)OC(=O)N1CCCC[C@@H]1COc1nc2ccccc2o1. The van der Waals surface area contributed by atoms with Crippen molar-refractivity contribution in [2.75, 3.05) is 13.2 Å². The lowest BCUT2D eigenvalue weighted by atomic mass is 10.0. The summed E-state index contributed by atoms with van der Waals surface area (Å²) in [4.78, 5) is 18.4. The van der Waals surface area contributed by atoms with Gasteiger partial charge in [-0.3, -0.25) is 0 Å². The van der Waals surface area contributed by atoms with Gasteiger partial charge in [0.15, 0.2) is 5.58 Å². The Kier molecular flexibility index (Phi) is 4.64. The van der Waals surface area contributed by atoms with E-state index in [-0.39, 0.29) is 18.2 Å². The van der Waals surface area contributed by atoms with E-state index >= 15 is 0 Å². The summed E-state index contributed by atoms with van der Waals surface area (Å²) in [6, 6.07) is 7.49. The minimum Gasteiger partial charge on any atom is -0.448 e. The molecule has 0 saturated carbocycles. The summed E-state index contributed by atoms with van der Waals surface area (Å²) in [5, 5.41) is 0. The zero-order chi connectivity index (χ0) is 17.2. The molecule has 3 rings (SSSR count). The number of fused-ring (bicyclic) bond motifs is 1. The van der Waals surface area contributed by atoms with E-state index in [0.717, 1.165) is 24.8 Å². The summed E-state index contributed by atoms with van der Waals surface area (Å²) in [6.45, 7) is 6.67. The highest BCUT2D eigenvalue weighted by molar-refractivity contribution is 5.72. The average Bonchev–Trinajstić information content (AvgIpc) is 2.94. The highest BCUT2D eigenvalue weighted by atomic mass is 16.6. The predicted molar refractivity (Wildman–Crippen MR) is 90.1 cm³/mol. The molecule has 1 atom stereocenters. The van der Waals surface area contributed by atoms with Gasteiger partial charge in [0.1, 0.15) is 17.7 Å². The molecule has 24 heavy (non-hydrogen) atoms. The Morgan fingerprint density at radius 1 is 1.33 bits per heavy atom. The van der Waals surface area contributed by atoms with Crippen LogP contribution in [0.3, 0.4) is 0 Å². The first-order valence-corrected chi connectivity index (χ1v) is 8.40. The van der Waals surface area contributed by atoms with Crippen molar-refractivity contribution >= 4 is 17.2 Å². The number of amides is 1. The molecule has 1 aliphatic heterocycles. The fraction of sp³-hybridized carbons (Fsp3) is 0.556. The van der Waals surface area contributed by atoms with Crippen LogP contribution in [0.25, 0.3) is 11.1 Å². The molecule has 1 amide bonds. The van der Waals surface area contributed by atoms with Gasteiger partial charge in [0, 0.05) is 6.54 Å². The molecular formula is C18H24N2O4. The van der Waals surface area contributed by atoms with E-state index in [1.807, 2.05) is 45.0 Å². The van der Waals surface area contributed by atoms with Crippen LogP contribution in [0.2, 0.25) is 0 Å². The molecule has 0 bridgehead atoms. The molecule has 1 fully saturated rings. The molecule has 0 N–H and O–H groups in total. The minimum atomic E-state index is -0.500. The van der Waals surface area contributed by atoms with Gasteiger partial charge in [-0.05, 0) is 52.2 Å². The summed E-state index contributed by atoms with van der Waals surface area (Å²) in [6.07, 6.45) is 2.90. The number of oxazole rings is 1. The van der Waals surface area contributed by atoms with Crippen molar-refractivity contribution in [1.82, 2.24) is 9.88 Å². The Balaban J connectivity index is 1.64. The van der Waals surface area contributed by atoms with Crippen molar-refractivity contribution in [3.05, 3.63) is 24.3 Å². The Morgan fingerprint density at radius 2 is 2.12 bits per heavy atom. The monoisotopic (exact) mass is 332 g/mol. The third-order valence-electron chi connectivity index (χ3n) is 3.93. The number of carbonyl (C=O) groups is 1. The van der Waals surface area contributed by atoms with E-state index in [4.69, 9.17) is 13.9 Å². The van der Waals surface area contributed by atoms with Crippen LogP contribution in [0.15, 0.2) is 28.7 Å². The van der Waals surface area contributed by atoms with E-state index in [1.165, 1.54) is 0 Å². The zero-order valence-electron chi connectivity index (χ0n) is 14.4. The standard InChI is InChI=1S/C18H24N2O4/c1-18(2,3)24-17(21)20-11-7-6-8-13(20)12-22-16-19-14-9-4-5-10-15(14)23-16/h4-5,9-10,13H,6-8,11-12H2,1-3H3/t13-/m1/s1. The maximum atomic E-state index is 12.4. The number of rotatable bonds is 3. The predicted octanol–water partition coefficient (Wildman–Crippen LogP) is 4.00. The van der Waals surface area contributed by atoms with Crippen molar-refractivity contribution in [3.63, 3.8) is 0 Å². The van der Waals surface area contributed by atoms with Crippen LogP contribution in [0.4, 0.5) is 4.79 Å². The van der Waals surface area contributed by atoms with E-state index in [9.17, 15) is 4.79 Å². The van der Waals surface area contributed by atoms with Crippen LogP contribution in [-0.2, 0) is 4.74 Å². The van der Waals surface area contributed by atoms with Gasteiger partial charge < -0.3 is 18.8 Å². The normalized spacial score (nSPS) is 18.6. The number of carbonyl (C=O) groups excluding carboxylic acids is 1.